The van der Waals surface area contributed by atoms with Gasteiger partial charge in [-0.3, -0.25) is 4.79 Å². The van der Waals surface area contributed by atoms with Gasteiger partial charge in [0, 0.05) is 83.2 Å². The first-order valence-electron chi connectivity index (χ1n) is 24.1. The van der Waals surface area contributed by atoms with E-state index < -0.39 is 6.04 Å². The molecule has 6 N–H and O–H groups in total. The predicted octanol–water partition coefficient (Wildman–Crippen LogP) is 7.17. The van der Waals surface area contributed by atoms with Crippen molar-refractivity contribution in [2.45, 2.75) is 109 Å². The number of amides is 1. The van der Waals surface area contributed by atoms with Crippen molar-refractivity contribution in [1.82, 2.24) is 46.1 Å². The SMILES string of the molecule is CC(C)C[C@H](Nc1nc(NC2CCCCCCCCCCC2)nc(OCCN(C)c2ccc(-c3nc4ccccc4s3)cc2)n1)C(=O)NCCCN1CCNCCNCCNCC1. The Morgan fingerprint density at radius 3 is 2.11 bits per heavy atom. The molecule has 1 saturated heterocycles. The number of hydrogen-bond donors (Lipinski definition) is 6. The van der Waals surface area contributed by atoms with Gasteiger partial charge >= 0.3 is 6.01 Å². The van der Waals surface area contributed by atoms with E-state index in [1.54, 1.807) is 11.3 Å². The maximum atomic E-state index is 13.8. The van der Waals surface area contributed by atoms with Gasteiger partial charge in [0.25, 0.3) is 0 Å². The van der Waals surface area contributed by atoms with Crippen LogP contribution in [0.5, 0.6) is 6.01 Å². The molecule has 6 rings (SSSR count). The van der Waals surface area contributed by atoms with E-state index in [2.05, 4.69) is 105 Å². The van der Waals surface area contributed by atoms with Crippen LogP contribution >= 0.6 is 11.3 Å². The summed E-state index contributed by atoms with van der Waals surface area (Å²) >= 11 is 1.71. The van der Waals surface area contributed by atoms with E-state index in [0.717, 1.165) is 99.9 Å². The van der Waals surface area contributed by atoms with Crippen LogP contribution in [0.3, 0.4) is 0 Å². The van der Waals surface area contributed by atoms with Crippen molar-refractivity contribution in [3.63, 3.8) is 0 Å². The molecule has 2 aliphatic rings. The highest BCUT2D eigenvalue weighted by Gasteiger charge is 2.23. The molecule has 14 nitrogen and oxygen atoms in total. The summed E-state index contributed by atoms with van der Waals surface area (Å²) in [6.07, 6.45) is 15.2. The molecule has 0 spiro atoms. The number of likely N-dealkylation sites (N-methyl/N-ethyl adjacent to an activating group) is 1. The van der Waals surface area contributed by atoms with E-state index in [4.69, 9.17) is 24.7 Å². The van der Waals surface area contributed by atoms with Crippen LogP contribution in [0.2, 0.25) is 0 Å². The summed E-state index contributed by atoms with van der Waals surface area (Å²) in [5.41, 5.74) is 3.22. The van der Waals surface area contributed by atoms with Gasteiger partial charge in [0.15, 0.2) is 0 Å². The summed E-state index contributed by atoms with van der Waals surface area (Å²) in [6.45, 7) is 14.6. The number of nitrogens with one attached hydrogen (secondary N) is 6. The second kappa shape index (κ2) is 27.2. The van der Waals surface area contributed by atoms with E-state index in [-0.39, 0.29) is 23.9 Å². The van der Waals surface area contributed by atoms with E-state index in [0.29, 0.717) is 38.0 Å². The van der Waals surface area contributed by atoms with Crippen molar-refractivity contribution in [3.05, 3.63) is 48.5 Å². The average molecular weight is 885 g/mol. The number of anilines is 3. The van der Waals surface area contributed by atoms with Gasteiger partial charge in [-0.1, -0.05) is 83.8 Å². The molecular formula is C48H76N12O2S. The molecule has 0 bridgehead atoms. The van der Waals surface area contributed by atoms with Crippen molar-refractivity contribution in [1.29, 1.82) is 0 Å². The number of carbonyl (C=O) groups excluding carboxylic acids is 1. The lowest BCUT2D eigenvalue weighted by atomic mass is 9.98. The molecule has 1 aliphatic heterocycles. The third kappa shape index (κ3) is 17.4. The zero-order valence-corrected chi connectivity index (χ0v) is 39.3. The number of thiazole rings is 1. The van der Waals surface area contributed by atoms with Crippen molar-refractivity contribution >= 4 is 45.0 Å². The number of benzene rings is 2. The highest BCUT2D eigenvalue weighted by atomic mass is 32.1. The molecule has 1 amide bonds. The Balaban J connectivity index is 1.09. The topological polar surface area (TPSA) is 157 Å². The molecule has 346 valence electrons. The minimum absolute atomic E-state index is 0.0410. The minimum atomic E-state index is -0.505. The number of nitrogens with zero attached hydrogens (tertiary/aromatic N) is 6. The fourth-order valence-corrected chi connectivity index (χ4v) is 9.30. The van der Waals surface area contributed by atoms with Gasteiger partial charge in [-0.2, -0.15) is 15.0 Å². The smallest absolute Gasteiger partial charge is 0.323 e. The molecular weight excluding hydrogens is 809 g/mol. The Bertz CT molecular complexity index is 1840. The molecule has 0 radical (unpaired) electrons. The number of aromatic nitrogens is 4. The average Bonchev–Trinajstić information content (AvgIpc) is 3.71. The Kier molecular flexibility index (Phi) is 20.9. The van der Waals surface area contributed by atoms with E-state index in [1.165, 1.54) is 62.5 Å². The lowest BCUT2D eigenvalue weighted by Gasteiger charge is -2.24. The van der Waals surface area contributed by atoms with Crippen LogP contribution in [0, 0.1) is 5.92 Å². The molecule has 1 atom stereocenters. The Labute approximate surface area is 381 Å². The fourth-order valence-electron chi connectivity index (χ4n) is 8.33. The largest absolute Gasteiger partial charge is 0.461 e. The highest BCUT2D eigenvalue weighted by molar-refractivity contribution is 7.21. The molecule has 0 unspecified atom stereocenters. The maximum absolute atomic E-state index is 13.8. The van der Waals surface area contributed by atoms with Gasteiger partial charge in [0.1, 0.15) is 17.7 Å². The standard InChI is InChI=1S/C48H76N12O2S/c1-37(2)36-42(44(61)52-24-15-31-60-32-29-50-27-25-49-26-28-51-30-33-60)55-47-56-46(53-39-16-11-9-7-5-4-6-8-10-12-17-39)57-48(58-47)62-35-34-59(3)40-22-20-38(21-23-40)45-54-41-18-13-14-19-43(41)63-45/h13-14,18-23,37,39,42,49-51H,4-12,15-17,24-36H2,1-3H3,(H,52,61)(H2,53,55,56,57,58)/t42-/m0/s1. The molecule has 3 heterocycles. The van der Waals surface area contributed by atoms with Gasteiger partial charge in [0.2, 0.25) is 17.8 Å². The second-order valence-electron chi connectivity index (χ2n) is 17.7. The van der Waals surface area contributed by atoms with Gasteiger partial charge in [-0.25, -0.2) is 4.98 Å². The summed E-state index contributed by atoms with van der Waals surface area (Å²) in [5, 5.41) is 21.9. The lowest BCUT2D eigenvalue weighted by molar-refractivity contribution is -0.122. The fraction of sp³-hybridized carbons (Fsp3) is 0.646. The zero-order chi connectivity index (χ0) is 43.9. The quantitative estimate of drug-likeness (QED) is 0.0595. The molecule has 2 aromatic heterocycles. The monoisotopic (exact) mass is 885 g/mol. The molecule has 1 saturated carbocycles. The van der Waals surface area contributed by atoms with Crippen molar-refractivity contribution in [2.75, 3.05) is 101 Å². The van der Waals surface area contributed by atoms with Crippen LogP contribution in [0.1, 0.15) is 97.3 Å². The van der Waals surface area contributed by atoms with Crippen molar-refractivity contribution in [3.8, 4) is 16.6 Å². The predicted molar refractivity (Wildman–Crippen MR) is 261 cm³/mol. The molecule has 2 fully saturated rings. The normalized spacial score (nSPS) is 17.7. The summed E-state index contributed by atoms with van der Waals surface area (Å²) in [4.78, 5) is 37.8. The molecule has 63 heavy (non-hydrogen) atoms. The van der Waals surface area contributed by atoms with E-state index >= 15 is 0 Å². The number of ether oxygens (including phenoxy) is 1. The third-order valence-electron chi connectivity index (χ3n) is 12.0. The number of carbonyl (C=O) groups is 1. The molecule has 4 aromatic rings. The second-order valence-corrected chi connectivity index (χ2v) is 18.8. The lowest BCUT2D eigenvalue weighted by Crippen LogP contribution is -2.43. The van der Waals surface area contributed by atoms with Crippen LogP contribution in [-0.2, 0) is 4.79 Å². The summed E-state index contributed by atoms with van der Waals surface area (Å²) in [6, 6.07) is 16.8. The van der Waals surface area contributed by atoms with E-state index in [9.17, 15) is 4.79 Å². The first kappa shape index (κ1) is 48.3. The summed E-state index contributed by atoms with van der Waals surface area (Å²) in [5.74, 6) is 1.09. The zero-order valence-electron chi connectivity index (χ0n) is 38.4. The molecule has 1 aliphatic carbocycles. The molecule has 2 aromatic carbocycles. The number of rotatable bonds is 17. The number of hydrogen-bond acceptors (Lipinski definition) is 14. The van der Waals surface area contributed by atoms with Crippen LogP contribution < -0.4 is 41.5 Å². The van der Waals surface area contributed by atoms with Crippen molar-refractivity contribution in [2.24, 2.45) is 5.92 Å². The maximum Gasteiger partial charge on any atom is 0.323 e. The van der Waals surface area contributed by atoms with Crippen LogP contribution in [0.4, 0.5) is 17.6 Å². The van der Waals surface area contributed by atoms with Gasteiger partial charge in [-0.05, 0) is 74.5 Å². The summed E-state index contributed by atoms with van der Waals surface area (Å²) < 4.78 is 7.49. The Hall–Kier alpha value is -4.15. The first-order chi connectivity index (χ1) is 30.9. The van der Waals surface area contributed by atoms with Crippen LogP contribution in [0.25, 0.3) is 20.8 Å². The third-order valence-corrected chi connectivity index (χ3v) is 13.1. The first-order valence-corrected chi connectivity index (χ1v) is 24.9. The van der Waals surface area contributed by atoms with Gasteiger partial charge in [-0.15, -0.1) is 11.3 Å². The van der Waals surface area contributed by atoms with Crippen LogP contribution in [0.15, 0.2) is 48.5 Å². The minimum Gasteiger partial charge on any atom is -0.461 e. The number of fused-ring (bicyclic) bond motifs is 1. The number of para-hydroxylation sites is 1. The molecule has 15 heteroatoms. The van der Waals surface area contributed by atoms with Crippen molar-refractivity contribution < 1.29 is 9.53 Å². The van der Waals surface area contributed by atoms with Gasteiger partial charge < -0.3 is 46.4 Å². The van der Waals surface area contributed by atoms with E-state index in [1.807, 2.05) is 6.07 Å². The van der Waals surface area contributed by atoms with Crippen LogP contribution in [-0.4, -0.2) is 128 Å². The highest BCUT2D eigenvalue weighted by Crippen LogP contribution is 2.31. The van der Waals surface area contributed by atoms with Gasteiger partial charge in [0.05, 0.1) is 16.8 Å². The Morgan fingerprint density at radius 1 is 0.810 bits per heavy atom. The Morgan fingerprint density at radius 2 is 1.44 bits per heavy atom. The summed E-state index contributed by atoms with van der Waals surface area (Å²) in [7, 11) is 2.06.